The van der Waals surface area contributed by atoms with E-state index in [0.29, 0.717) is 0 Å². The molecule has 0 bridgehead atoms. The summed E-state index contributed by atoms with van der Waals surface area (Å²) in [5, 5.41) is 17.8. The number of carbonyl (C=O) groups is 2. The highest BCUT2D eigenvalue weighted by Gasteiger charge is 2.39. The van der Waals surface area contributed by atoms with E-state index in [1.165, 1.54) is 13.2 Å². The fourth-order valence-electron chi connectivity index (χ4n) is 2.18. The number of halogens is 1. The van der Waals surface area contributed by atoms with Crippen LogP contribution in [0.2, 0.25) is 0 Å². The van der Waals surface area contributed by atoms with Gasteiger partial charge in [-0.25, -0.2) is 4.39 Å². The third-order valence-corrected chi connectivity index (χ3v) is 3.10. The minimum absolute atomic E-state index is 0.150. The number of carbonyl (C=O) groups excluding carboxylic acids is 1. The van der Waals surface area contributed by atoms with Crippen molar-refractivity contribution in [3.8, 4) is 11.8 Å². The van der Waals surface area contributed by atoms with Crippen molar-refractivity contribution >= 4 is 11.9 Å². The van der Waals surface area contributed by atoms with Gasteiger partial charge in [-0.15, -0.1) is 0 Å². The smallest absolute Gasteiger partial charge is 0.305 e. The Hall–Kier alpha value is -2.62. The molecule has 1 N–H and O–H groups in total. The molecule has 1 aliphatic heterocycles. The molecule has 0 aromatic heterocycles. The molecule has 0 saturated heterocycles. The number of hydrogen-bond acceptors (Lipinski definition) is 4. The second-order valence-corrected chi connectivity index (χ2v) is 4.25. The Labute approximate surface area is 114 Å². The Morgan fingerprint density at radius 2 is 2.30 bits per heavy atom. The highest BCUT2D eigenvalue weighted by atomic mass is 19.1. The van der Waals surface area contributed by atoms with Crippen molar-refractivity contribution < 1.29 is 23.8 Å². The summed E-state index contributed by atoms with van der Waals surface area (Å²) in [4.78, 5) is 23.7. The number of nitrogens with zero attached hydrogens (tertiary/aromatic N) is 2. The van der Waals surface area contributed by atoms with Crippen LogP contribution in [-0.4, -0.2) is 35.5 Å². The SMILES string of the molecule is COc1cc(F)c2c(c1)C(C#N)N(CCC(=O)O)C2=O. The zero-order valence-electron chi connectivity index (χ0n) is 10.6. The number of hydrogen-bond donors (Lipinski definition) is 1. The summed E-state index contributed by atoms with van der Waals surface area (Å²) < 4.78 is 18.8. The van der Waals surface area contributed by atoms with E-state index in [4.69, 9.17) is 15.1 Å². The van der Waals surface area contributed by atoms with Crippen molar-refractivity contribution in [3.63, 3.8) is 0 Å². The minimum atomic E-state index is -1.09. The molecule has 1 aromatic carbocycles. The van der Waals surface area contributed by atoms with E-state index < -0.39 is 23.7 Å². The number of methoxy groups -OCH3 is 1. The quantitative estimate of drug-likeness (QED) is 0.897. The fourth-order valence-corrected chi connectivity index (χ4v) is 2.18. The maximum absolute atomic E-state index is 13.9. The van der Waals surface area contributed by atoms with Crippen LogP contribution in [-0.2, 0) is 4.79 Å². The van der Waals surface area contributed by atoms with Gasteiger partial charge in [0, 0.05) is 18.2 Å². The van der Waals surface area contributed by atoms with E-state index in [-0.39, 0.29) is 29.8 Å². The van der Waals surface area contributed by atoms with E-state index in [1.807, 2.05) is 6.07 Å². The number of aliphatic carboxylic acids is 1. The van der Waals surface area contributed by atoms with E-state index in [1.54, 1.807) is 0 Å². The number of rotatable bonds is 4. The molecule has 7 heteroatoms. The van der Waals surface area contributed by atoms with Crippen molar-refractivity contribution in [1.82, 2.24) is 4.90 Å². The Morgan fingerprint density at radius 3 is 2.85 bits per heavy atom. The van der Waals surface area contributed by atoms with Crippen LogP contribution in [0.25, 0.3) is 0 Å². The number of carboxylic acids is 1. The molecule has 0 spiro atoms. The molecule has 20 heavy (non-hydrogen) atoms. The van der Waals surface area contributed by atoms with Crippen LogP contribution in [0, 0.1) is 17.1 Å². The van der Waals surface area contributed by atoms with Crippen LogP contribution in [0.4, 0.5) is 4.39 Å². The van der Waals surface area contributed by atoms with Crippen molar-refractivity contribution in [1.29, 1.82) is 5.26 Å². The third-order valence-electron chi connectivity index (χ3n) is 3.10. The maximum Gasteiger partial charge on any atom is 0.305 e. The van der Waals surface area contributed by atoms with Gasteiger partial charge in [-0.2, -0.15) is 5.26 Å². The minimum Gasteiger partial charge on any atom is -0.497 e. The summed E-state index contributed by atoms with van der Waals surface area (Å²) in [6.07, 6.45) is -0.309. The fraction of sp³-hybridized carbons (Fsp3) is 0.308. The zero-order chi connectivity index (χ0) is 14.9. The molecule has 1 aromatic rings. The number of carboxylic acid groups (broad SMARTS) is 1. The first-order valence-electron chi connectivity index (χ1n) is 5.79. The molecule has 104 valence electrons. The summed E-state index contributed by atoms with van der Waals surface area (Å²) >= 11 is 0. The second-order valence-electron chi connectivity index (χ2n) is 4.25. The van der Waals surface area contributed by atoms with Crippen LogP contribution < -0.4 is 4.74 Å². The molecule has 0 radical (unpaired) electrons. The molecule has 6 nitrogen and oxygen atoms in total. The summed E-state index contributed by atoms with van der Waals surface area (Å²) in [6.45, 7) is -0.150. The third kappa shape index (κ3) is 2.16. The monoisotopic (exact) mass is 278 g/mol. The predicted octanol–water partition coefficient (Wildman–Crippen LogP) is 1.33. The normalized spacial score (nSPS) is 16.8. The Morgan fingerprint density at radius 1 is 1.60 bits per heavy atom. The van der Waals surface area contributed by atoms with Crippen molar-refractivity contribution in [2.24, 2.45) is 0 Å². The number of ether oxygens (including phenoxy) is 1. The Balaban J connectivity index is 2.44. The second kappa shape index (κ2) is 5.17. The van der Waals surface area contributed by atoms with Crippen LogP contribution >= 0.6 is 0 Å². The molecule has 0 saturated carbocycles. The van der Waals surface area contributed by atoms with E-state index in [2.05, 4.69) is 0 Å². The standard InChI is InChI=1S/C13H11FN2O4/c1-20-7-4-8-10(6-15)16(3-2-11(17)18)13(19)12(8)9(14)5-7/h4-5,10H,2-3H2,1H3,(H,17,18). The van der Waals surface area contributed by atoms with Gasteiger partial charge < -0.3 is 14.7 Å². The molecule has 1 unspecified atom stereocenters. The lowest BCUT2D eigenvalue weighted by molar-refractivity contribution is -0.137. The first-order valence-corrected chi connectivity index (χ1v) is 5.79. The largest absolute Gasteiger partial charge is 0.497 e. The van der Waals surface area contributed by atoms with Gasteiger partial charge in [0.25, 0.3) is 5.91 Å². The lowest BCUT2D eigenvalue weighted by atomic mass is 10.0. The van der Waals surface area contributed by atoms with Crippen LogP contribution in [0.5, 0.6) is 5.75 Å². The highest BCUT2D eigenvalue weighted by Crippen LogP contribution is 2.37. The Kier molecular flexibility index (Phi) is 3.57. The van der Waals surface area contributed by atoms with Gasteiger partial charge in [-0.1, -0.05) is 0 Å². The molecule has 0 fully saturated rings. The number of amides is 1. The van der Waals surface area contributed by atoms with E-state index >= 15 is 0 Å². The van der Waals surface area contributed by atoms with Crippen LogP contribution in [0.3, 0.4) is 0 Å². The predicted molar refractivity (Wildman–Crippen MR) is 64.6 cm³/mol. The molecule has 0 aliphatic carbocycles. The first kappa shape index (κ1) is 13.8. The summed E-state index contributed by atoms with van der Waals surface area (Å²) in [5.41, 5.74) is 0.0162. The topological polar surface area (TPSA) is 90.6 Å². The average molecular weight is 278 g/mol. The van der Waals surface area contributed by atoms with Gasteiger partial charge in [0.05, 0.1) is 25.2 Å². The van der Waals surface area contributed by atoms with Gasteiger partial charge in [-0.3, -0.25) is 9.59 Å². The highest BCUT2D eigenvalue weighted by molar-refractivity contribution is 6.00. The van der Waals surface area contributed by atoms with Gasteiger partial charge >= 0.3 is 5.97 Å². The van der Waals surface area contributed by atoms with Crippen molar-refractivity contribution in [2.45, 2.75) is 12.5 Å². The van der Waals surface area contributed by atoms with E-state index in [9.17, 15) is 14.0 Å². The molecular formula is C13H11FN2O4. The molecule has 2 rings (SSSR count). The lowest BCUT2D eigenvalue weighted by Crippen LogP contribution is -2.30. The molecule has 1 amide bonds. The molecule has 1 heterocycles. The van der Waals surface area contributed by atoms with Crippen LogP contribution in [0.1, 0.15) is 28.4 Å². The molecule has 1 aliphatic rings. The van der Waals surface area contributed by atoms with Crippen molar-refractivity contribution in [3.05, 3.63) is 29.1 Å². The van der Waals surface area contributed by atoms with Gasteiger partial charge in [-0.05, 0) is 6.07 Å². The van der Waals surface area contributed by atoms with E-state index in [0.717, 1.165) is 11.0 Å². The number of benzene rings is 1. The van der Waals surface area contributed by atoms with Gasteiger partial charge in [0.15, 0.2) is 0 Å². The van der Waals surface area contributed by atoms with Crippen LogP contribution in [0.15, 0.2) is 12.1 Å². The molecular weight excluding hydrogens is 267 g/mol. The first-order chi connectivity index (χ1) is 9.49. The number of fused-ring (bicyclic) bond motifs is 1. The molecule has 1 atom stereocenters. The number of nitriles is 1. The maximum atomic E-state index is 13.9. The summed E-state index contributed by atoms with van der Waals surface area (Å²) in [5.74, 6) is -2.34. The van der Waals surface area contributed by atoms with Gasteiger partial charge in [0.2, 0.25) is 0 Å². The summed E-state index contributed by atoms with van der Waals surface area (Å²) in [7, 11) is 1.35. The van der Waals surface area contributed by atoms with Crippen molar-refractivity contribution in [2.75, 3.05) is 13.7 Å². The van der Waals surface area contributed by atoms with Gasteiger partial charge in [0.1, 0.15) is 17.6 Å². The Bertz CT molecular complexity index is 624. The lowest BCUT2D eigenvalue weighted by Gasteiger charge is -2.18. The summed E-state index contributed by atoms with van der Waals surface area (Å²) in [6, 6.07) is 3.38. The zero-order valence-corrected chi connectivity index (χ0v) is 10.6. The average Bonchev–Trinajstić information content (AvgIpc) is 2.68.